The van der Waals surface area contributed by atoms with Crippen molar-refractivity contribution in [3.05, 3.63) is 108 Å². The molecule has 0 spiro atoms. The summed E-state index contributed by atoms with van der Waals surface area (Å²) in [5.41, 5.74) is 5.56. The molecule has 2 amide bonds. The summed E-state index contributed by atoms with van der Waals surface area (Å²) in [6, 6.07) is 25.5. The number of amides is 2. The van der Waals surface area contributed by atoms with Gasteiger partial charge in [0.05, 0.1) is 18.4 Å². The molecule has 2 atom stereocenters. The van der Waals surface area contributed by atoms with E-state index >= 15 is 0 Å². The van der Waals surface area contributed by atoms with Gasteiger partial charge >= 0.3 is 12.1 Å². The Kier molecular flexibility index (Phi) is 7.54. The fraction of sp³-hybridized carbons (Fsp3) is 0.258. The average molecular weight is 511 g/mol. The molecule has 0 aromatic heterocycles. The fourth-order valence-electron chi connectivity index (χ4n) is 5.32. The molecule has 3 aromatic rings. The summed E-state index contributed by atoms with van der Waals surface area (Å²) in [6.45, 7) is 0.679. The minimum absolute atomic E-state index is 0.0256. The first-order valence-electron chi connectivity index (χ1n) is 12.8. The summed E-state index contributed by atoms with van der Waals surface area (Å²) in [4.78, 5) is 38.7. The predicted octanol–water partition coefficient (Wildman–Crippen LogP) is 4.97. The van der Waals surface area contributed by atoms with Gasteiger partial charge in [0.25, 0.3) is 0 Å². The molecule has 0 radical (unpaired) electrons. The molecule has 38 heavy (non-hydrogen) atoms. The van der Waals surface area contributed by atoms with E-state index in [0.717, 1.165) is 16.7 Å². The van der Waals surface area contributed by atoms with Gasteiger partial charge in [-0.15, -0.1) is 0 Å². The molecule has 7 heteroatoms. The lowest BCUT2D eigenvalue weighted by molar-refractivity contribution is -0.139. The van der Waals surface area contributed by atoms with Crippen LogP contribution < -0.4 is 5.32 Å². The normalized spacial score (nSPS) is 17.5. The Morgan fingerprint density at radius 3 is 2.16 bits per heavy atom. The number of nitrogens with zero attached hydrogens (tertiary/aromatic N) is 1. The van der Waals surface area contributed by atoms with Crippen LogP contribution >= 0.6 is 0 Å². The lowest BCUT2D eigenvalue weighted by atomic mass is 9.98. The number of ether oxygens (including phenoxy) is 1. The third-order valence-electron chi connectivity index (χ3n) is 7.17. The molecule has 2 N–H and O–H groups in total. The molecule has 2 aliphatic carbocycles. The van der Waals surface area contributed by atoms with Crippen molar-refractivity contribution in [1.29, 1.82) is 0 Å². The number of fused-ring (bicyclic) bond motifs is 3. The van der Waals surface area contributed by atoms with Crippen LogP contribution in [0.4, 0.5) is 4.79 Å². The van der Waals surface area contributed by atoms with Crippen LogP contribution in [0.1, 0.15) is 35.4 Å². The molecule has 3 aromatic carbocycles. The predicted molar refractivity (Wildman–Crippen MR) is 143 cm³/mol. The number of rotatable bonds is 9. The van der Waals surface area contributed by atoms with E-state index in [4.69, 9.17) is 9.84 Å². The van der Waals surface area contributed by atoms with E-state index in [1.165, 1.54) is 11.1 Å². The molecule has 5 rings (SSSR count). The number of carboxylic acids is 1. The number of carbonyl (C=O) groups excluding carboxylic acids is 2. The van der Waals surface area contributed by atoms with Crippen LogP contribution in [0.25, 0.3) is 11.1 Å². The largest absolute Gasteiger partial charge is 0.481 e. The first-order valence-corrected chi connectivity index (χ1v) is 12.8. The highest BCUT2D eigenvalue weighted by molar-refractivity contribution is 5.82. The van der Waals surface area contributed by atoms with E-state index < -0.39 is 18.0 Å². The SMILES string of the molecule is O=C(O)CCN(Cc1ccccc1)C(=O)C1C=CC(NC(=O)OCC2c3ccccc3-c3ccccc32)C1. The highest BCUT2D eigenvalue weighted by Crippen LogP contribution is 2.44. The molecule has 0 saturated heterocycles. The van der Waals surface area contributed by atoms with Gasteiger partial charge in [0.15, 0.2) is 0 Å². The van der Waals surface area contributed by atoms with E-state index in [1.54, 1.807) is 11.0 Å². The summed E-state index contributed by atoms with van der Waals surface area (Å²) < 4.78 is 5.64. The first kappa shape index (κ1) is 25.3. The fourth-order valence-corrected chi connectivity index (χ4v) is 5.32. The zero-order valence-corrected chi connectivity index (χ0v) is 21.0. The third kappa shape index (κ3) is 5.62. The Hall–Kier alpha value is -4.39. The summed E-state index contributed by atoms with van der Waals surface area (Å²) in [5.74, 6) is -1.57. The lowest BCUT2D eigenvalue weighted by Gasteiger charge is -2.25. The maximum absolute atomic E-state index is 13.3. The van der Waals surface area contributed by atoms with Crippen LogP contribution in [0, 0.1) is 5.92 Å². The molecule has 0 aliphatic heterocycles. The van der Waals surface area contributed by atoms with Crippen molar-refractivity contribution < 1.29 is 24.2 Å². The Labute approximate surface area is 221 Å². The highest BCUT2D eigenvalue weighted by Gasteiger charge is 2.31. The summed E-state index contributed by atoms with van der Waals surface area (Å²) in [5, 5.41) is 12.0. The van der Waals surface area contributed by atoms with E-state index in [1.807, 2.05) is 60.7 Å². The minimum Gasteiger partial charge on any atom is -0.481 e. The van der Waals surface area contributed by atoms with Crippen LogP contribution in [0.5, 0.6) is 0 Å². The van der Waals surface area contributed by atoms with Gasteiger partial charge in [0.1, 0.15) is 6.61 Å². The van der Waals surface area contributed by atoms with Gasteiger partial charge in [-0.2, -0.15) is 0 Å². The second-order valence-electron chi connectivity index (χ2n) is 9.69. The second kappa shape index (κ2) is 11.3. The molecular weight excluding hydrogens is 480 g/mol. The number of aliphatic carboxylic acids is 1. The number of hydrogen-bond donors (Lipinski definition) is 2. The van der Waals surface area contributed by atoms with Crippen molar-refractivity contribution in [1.82, 2.24) is 10.2 Å². The molecule has 0 bridgehead atoms. The van der Waals surface area contributed by atoms with Gasteiger partial charge in [-0.1, -0.05) is 91.0 Å². The van der Waals surface area contributed by atoms with Crippen molar-refractivity contribution >= 4 is 18.0 Å². The van der Waals surface area contributed by atoms with Crippen LogP contribution in [0.2, 0.25) is 0 Å². The zero-order valence-electron chi connectivity index (χ0n) is 21.0. The van der Waals surface area contributed by atoms with Crippen LogP contribution in [-0.4, -0.2) is 47.2 Å². The monoisotopic (exact) mass is 510 g/mol. The Morgan fingerprint density at radius 1 is 0.868 bits per heavy atom. The van der Waals surface area contributed by atoms with E-state index in [0.29, 0.717) is 13.0 Å². The zero-order chi connectivity index (χ0) is 26.5. The van der Waals surface area contributed by atoms with Crippen molar-refractivity contribution in [3.63, 3.8) is 0 Å². The number of benzene rings is 3. The quantitative estimate of drug-likeness (QED) is 0.396. The van der Waals surface area contributed by atoms with Gasteiger partial charge in [-0.3, -0.25) is 9.59 Å². The number of hydrogen-bond acceptors (Lipinski definition) is 4. The molecule has 0 saturated carbocycles. The third-order valence-corrected chi connectivity index (χ3v) is 7.17. The number of carbonyl (C=O) groups is 3. The number of carboxylic acid groups (broad SMARTS) is 1. The number of alkyl carbamates (subject to hydrolysis) is 1. The molecule has 7 nitrogen and oxygen atoms in total. The molecule has 2 aliphatic rings. The highest BCUT2D eigenvalue weighted by atomic mass is 16.5. The molecule has 194 valence electrons. The van der Waals surface area contributed by atoms with Crippen molar-refractivity contribution in [3.8, 4) is 11.1 Å². The Morgan fingerprint density at radius 2 is 1.50 bits per heavy atom. The second-order valence-corrected chi connectivity index (χ2v) is 9.69. The van der Waals surface area contributed by atoms with Gasteiger partial charge in [0, 0.05) is 19.0 Å². The van der Waals surface area contributed by atoms with Gasteiger partial charge in [-0.05, 0) is 34.2 Å². The van der Waals surface area contributed by atoms with E-state index in [-0.39, 0.29) is 37.4 Å². The molecule has 0 fully saturated rings. The van der Waals surface area contributed by atoms with Gasteiger partial charge in [0.2, 0.25) is 5.91 Å². The van der Waals surface area contributed by atoms with Crippen LogP contribution in [0.15, 0.2) is 91.0 Å². The topological polar surface area (TPSA) is 95.9 Å². The number of nitrogens with one attached hydrogen (secondary N) is 1. The van der Waals surface area contributed by atoms with Gasteiger partial charge in [-0.25, -0.2) is 4.79 Å². The van der Waals surface area contributed by atoms with Gasteiger partial charge < -0.3 is 20.1 Å². The maximum atomic E-state index is 13.3. The first-order chi connectivity index (χ1) is 18.5. The summed E-state index contributed by atoms with van der Waals surface area (Å²) >= 11 is 0. The van der Waals surface area contributed by atoms with Crippen molar-refractivity contribution in [2.75, 3.05) is 13.2 Å². The standard InChI is InChI=1S/C31H30N2O5/c34-29(35)16-17-33(19-21-8-2-1-3-9-21)30(36)22-14-15-23(18-22)32-31(37)38-20-28-26-12-6-4-10-24(26)25-11-5-7-13-27(25)28/h1-15,22-23,28H,16-20H2,(H,32,37)(H,34,35). The average Bonchev–Trinajstić information content (AvgIpc) is 3.52. The molecular formula is C31H30N2O5. The molecule has 2 unspecified atom stereocenters. The lowest BCUT2D eigenvalue weighted by Crippen LogP contribution is -2.38. The van der Waals surface area contributed by atoms with Crippen LogP contribution in [0.3, 0.4) is 0 Å². The van der Waals surface area contributed by atoms with Crippen LogP contribution in [-0.2, 0) is 20.9 Å². The Balaban J connectivity index is 1.16. The smallest absolute Gasteiger partial charge is 0.407 e. The summed E-state index contributed by atoms with van der Waals surface area (Å²) in [6.07, 6.45) is 3.34. The Bertz CT molecular complexity index is 1310. The molecule has 0 heterocycles. The van der Waals surface area contributed by atoms with Crippen molar-refractivity contribution in [2.45, 2.75) is 31.3 Å². The van der Waals surface area contributed by atoms with Crippen molar-refractivity contribution in [2.24, 2.45) is 5.92 Å². The minimum atomic E-state index is -0.951. The summed E-state index contributed by atoms with van der Waals surface area (Å²) in [7, 11) is 0. The maximum Gasteiger partial charge on any atom is 0.407 e. The van der Waals surface area contributed by atoms with E-state index in [9.17, 15) is 14.4 Å². The van der Waals surface area contributed by atoms with E-state index in [2.05, 4.69) is 29.6 Å².